The number of rotatable bonds is 8. The molecule has 1 aromatic rings. The van der Waals surface area contributed by atoms with Gasteiger partial charge in [-0.05, 0) is 61.6 Å². The predicted octanol–water partition coefficient (Wildman–Crippen LogP) is 5.72. The minimum Gasteiger partial charge on any atom is -0.293 e. The van der Waals surface area contributed by atoms with Gasteiger partial charge in [0.25, 0.3) is 0 Å². The maximum atomic E-state index is 12.1. The summed E-state index contributed by atoms with van der Waals surface area (Å²) in [4.78, 5) is 22.6. The molecular formula is C21H32O3. The normalized spacial score (nSPS) is 23.9. The smallest absolute Gasteiger partial charge is 0.293 e. The first-order chi connectivity index (χ1) is 11.6. The van der Waals surface area contributed by atoms with E-state index < -0.39 is 0 Å². The van der Waals surface area contributed by atoms with Crippen LogP contribution in [0.3, 0.4) is 0 Å². The molecule has 3 nitrogen and oxygen atoms in total. The Bertz CT molecular complexity index is 494. The summed E-state index contributed by atoms with van der Waals surface area (Å²) in [7, 11) is 0. The Hall–Kier alpha value is -1.35. The molecule has 3 heteroatoms. The summed E-state index contributed by atoms with van der Waals surface area (Å²) in [5.41, 5.74) is 1.84. The molecule has 3 atom stereocenters. The lowest BCUT2D eigenvalue weighted by atomic mass is 9.80. The average Bonchev–Trinajstić information content (AvgIpc) is 2.60. The number of hydrogen-bond acceptors (Lipinski definition) is 3. The molecule has 134 valence electrons. The second-order valence-electron chi connectivity index (χ2n) is 7.36. The van der Waals surface area contributed by atoms with Crippen LogP contribution in [-0.4, -0.2) is 12.1 Å². The van der Waals surface area contributed by atoms with Gasteiger partial charge in [0.15, 0.2) is 0 Å². The summed E-state index contributed by atoms with van der Waals surface area (Å²) < 4.78 is 0. The zero-order valence-electron chi connectivity index (χ0n) is 15.4. The minimum atomic E-state index is -0.390. The standard InChI is InChI=1S/C21H32O3/c1-4-5-6-7-8-18-10-12-19(13-11-18)21(22)24-23-20-14-9-16(2)17(3)15-20/h10-13,16-17,20H,4-9,14-15H2,1-3H3. The fourth-order valence-corrected chi connectivity index (χ4v) is 3.31. The van der Waals surface area contributed by atoms with Gasteiger partial charge in [0.2, 0.25) is 0 Å². The van der Waals surface area contributed by atoms with E-state index in [1.807, 2.05) is 24.3 Å². The van der Waals surface area contributed by atoms with Crippen LogP contribution in [0.2, 0.25) is 0 Å². The van der Waals surface area contributed by atoms with Crippen LogP contribution < -0.4 is 0 Å². The maximum Gasteiger partial charge on any atom is 0.373 e. The van der Waals surface area contributed by atoms with E-state index in [-0.39, 0.29) is 12.1 Å². The highest BCUT2D eigenvalue weighted by Crippen LogP contribution is 2.31. The first kappa shape index (κ1) is 19.0. The molecule has 1 aliphatic carbocycles. The molecule has 24 heavy (non-hydrogen) atoms. The third-order valence-corrected chi connectivity index (χ3v) is 5.32. The molecule has 1 aliphatic rings. The van der Waals surface area contributed by atoms with E-state index in [4.69, 9.17) is 9.78 Å². The van der Waals surface area contributed by atoms with Crippen LogP contribution in [0.15, 0.2) is 24.3 Å². The van der Waals surface area contributed by atoms with Gasteiger partial charge in [0, 0.05) is 0 Å². The topological polar surface area (TPSA) is 35.5 Å². The van der Waals surface area contributed by atoms with E-state index in [0.29, 0.717) is 11.5 Å². The second kappa shape index (κ2) is 9.83. The highest BCUT2D eigenvalue weighted by molar-refractivity contribution is 5.88. The first-order valence-corrected chi connectivity index (χ1v) is 9.56. The summed E-state index contributed by atoms with van der Waals surface area (Å²) in [6, 6.07) is 7.72. The summed E-state index contributed by atoms with van der Waals surface area (Å²) >= 11 is 0. The van der Waals surface area contributed by atoms with Gasteiger partial charge in [-0.1, -0.05) is 52.2 Å². The van der Waals surface area contributed by atoms with Crippen molar-refractivity contribution < 1.29 is 14.6 Å². The number of unbranched alkanes of at least 4 members (excludes halogenated alkanes) is 3. The molecule has 3 unspecified atom stereocenters. The summed E-state index contributed by atoms with van der Waals surface area (Å²) in [5.74, 6) is 0.957. The summed E-state index contributed by atoms with van der Waals surface area (Å²) in [6.07, 6.45) is 9.20. The molecule has 0 aromatic heterocycles. The predicted molar refractivity (Wildman–Crippen MR) is 96.8 cm³/mol. The highest BCUT2D eigenvalue weighted by Gasteiger charge is 2.26. The zero-order chi connectivity index (χ0) is 17.4. The van der Waals surface area contributed by atoms with E-state index in [2.05, 4.69) is 20.8 Å². The van der Waals surface area contributed by atoms with Gasteiger partial charge in [-0.15, -0.1) is 0 Å². The van der Waals surface area contributed by atoms with Crippen LogP contribution in [0.5, 0.6) is 0 Å². The van der Waals surface area contributed by atoms with E-state index in [1.54, 1.807) is 0 Å². The van der Waals surface area contributed by atoms with E-state index in [1.165, 1.54) is 31.2 Å². The first-order valence-electron chi connectivity index (χ1n) is 9.56. The molecule has 0 heterocycles. The van der Waals surface area contributed by atoms with Crippen molar-refractivity contribution in [2.45, 2.75) is 78.2 Å². The second-order valence-corrected chi connectivity index (χ2v) is 7.36. The van der Waals surface area contributed by atoms with Crippen molar-refractivity contribution in [2.24, 2.45) is 11.8 Å². The van der Waals surface area contributed by atoms with Crippen molar-refractivity contribution in [3.8, 4) is 0 Å². The van der Waals surface area contributed by atoms with Gasteiger partial charge in [-0.2, -0.15) is 4.89 Å². The Balaban J connectivity index is 1.74. The van der Waals surface area contributed by atoms with Crippen molar-refractivity contribution in [1.29, 1.82) is 0 Å². The fourth-order valence-electron chi connectivity index (χ4n) is 3.31. The average molecular weight is 332 g/mol. The molecular weight excluding hydrogens is 300 g/mol. The number of hydrogen-bond donors (Lipinski definition) is 0. The lowest BCUT2D eigenvalue weighted by Gasteiger charge is -2.30. The van der Waals surface area contributed by atoms with Crippen LogP contribution in [-0.2, 0) is 16.2 Å². The molecule has 1 saturated carbocycles. The largest absolute Gasteiger partial charge is 0.373 e. The van der Waals surface area contributed by atoms with Crippen LogP contribution in [0.4, 0.5) is 0 Å². The Kier molecular flexibility index (Phi) is 7.77. The molecule has 1 aromatic carbocycles. The van der Waals surface area contributed by atoms with Crippen molar-refractivity contribution >= 4 is 5.97 Å². The van der Waals surface area contributed by atoms with E-state index in [0.717, 1.165) is 31.6 Å². The van der Waals surface area contributed by atoms with Crippen LogP contribution in [0.25, 0.3) is 0 Å². The number of carbonyl (C=O) groups is 1. The maximum absolute atomic E-state index is 12.1. The van der Waals surface area contributed by atoms with Gasteiger partial charge in [-0.25, -0.2) is 4.79 Å². The van der Waals surface area contributed by atoms with Crippen molar-refractivity contribution in [3.63, 3.8) is 0 Å². The van der Waals surface area contributed by atoms with Gasteiger partial charge in [-0.3, -0.25) is 4.89 Å². The molecule has 0 radical (unpaired) electrons. The van der Waals surface area contributed by atoms with E-state index in [9.17, 15) is 4.79 Å². The quantitative estimate of drug-likeness (QED) is 0.347. The summed E-state index contributed by atoms with van der Waals surface area (Å²) in [5, 5.41) is 0. The highest BCUT2D eigenvalue weighted by atomic mass is 17.2. The van der Waals surface area contributed by atoms with Gasteiger partial charge in [0.1, 0.15) is 6.10 Å². The van der Waals surface area contributed by atoms with Crippen LogP contribution >= 0.6 is 0 Å². The molecule has 0 N–H and O–H groups in total. The molecule has 0 spiro atoms. The third-order valence-electron chi connectivity index (χ3n) is 5.32. The van der Waals surface area contributed by atoms with Crippen LogP contribution in [0.1, 0.15) is 81.6 Å². The van der Waals surface area contributed by atoms with Gasteiger partial charge in [0.05, 0.1) is 5.56 Å². The Morgan fingerprint density at radius 2 is 1.79 bits per heavy atom. The minimum absolute atomic E-state index is 0.0398. The lowest BCUT2D eigenvalue weighted by molar-refractivity contribution is -0.283. The molecule has 0 bridgehead atoms. The molecule has 0 aliphatic heterocycles. The fraction of sp³-hybridized carbons (Fsp3) is 0.667. The monoisotopic (exact) mass is 332 g/mol. The number of benzene rings is 1. The molecule has 0 saturated heterocycles. The molecule has 0 amide bonds. The Labute approximate surface area is 146 Å². The number of carbonyl (C=O) groups excluding carboxylic acids is 1. The van der Waals surface area contributed by atoms with Crippen molar-refractivity contribution in [1.82, 2.24) is 0 Å². The van der Waals surface area contributed by atoms with Gasteiger partial charge >= 0.3 is 5.97 Å². The molecule has 2 rings (SSSR count). The van der Waals surface area contributed by atoms with Gasteiger partial charge < -0.3 is 0 Å². The SMILES string of the molecule is CCCCCCc1ccc(C(=O)OOC2CCC(C)C(C)C2)cc1. The lowest BCUT2D eigenvalue weighted by Crippen LogP contribution is -2.27. The third kappa shape index (κ3) is 5.94. The van der Waals surface area contributed by atoms with Crippen LogP contribution in [0, 0.1) is 11.8 Å². The molecule has 1 fully saturated rings. The number of aryl methyl sites for hydroxylation is 1. The Morgan fingerprint density at radius 1 is 1.04 bits per heavy atom. The van der Waals surface area contributed by atoms with Crippen molar-refractivity contribution in [2.75, 3.05) is 0 Å². The van der Waals surface area contributed by atoms with E-state index >= 15 is 0 Å². The Morgan fingerprint density at radius 3 is 2.46 bits per heavy atom. The summed E-state index contributed by atoms with van der Waals surface area (Å²) in [6.45, 7) is 6.73. The zero-order valence-corrected chi connectivity index (χ0v) is 15.4. The van der Waals surface area contributed by atoms with Crippen molar-refractivity contribution in [3.05, 3.63) is 35.4 Å².